The summed E-state index contributed by atoms with van der Waals surface area (Å²) in [4.78, 5) is 17.2. The summed E-state index contributed by atoms with van der Waals surface area (Å²) >= 11 is 0. The van der Waals surface area contributed by atoms with Crippen LogP contribution in [0.15, 0.2) is 30.3 Å². The van der Waals surface area contributed by atoms with Crippen LogP contribution in [0.5, 0.6) is 0 Å². The minimum atomic E-state index is 0.162. The molecular weight excluding hydrogens is 314 g/mol. The fourth-order valence-corrected chi connectivity index (χ4v) is 3.82. The van der Waals surface area contributed by atoms with Crippen molar-refractivity contribution in [1.29, 1.82) is 0 Å². The monoisotopic (exact) mass is 345 g/mol. The molecule has 2 aliphatic rings. The fourth-order valence-electron chi connectivity index (χ4n) is 3.82. The zero-order valence-corrected chi connectivity index (χ0v) is 15.3. The van der Waals surface area contributed by atoms with Crippen molar-refractivity contribution >= 4 is 5.91 Å². The van der Waals surface area contributed by atoms with E-state index in [0.29, 0.717) is 12.6 Å². The molecule has 2 fully saturated rings. The average molecular weight is 345 g/mol. The zero-order valence-electron chi connectivity index (χ0n) is 15.3. The molecule has 1 aromatic rings. The van der Waals surface area contributed by atoms with Gasteiger partial charge in [-0.2, -0.15) is 0 Å². The first kappa shape index (κ1) is 18.4. The molecule has 0 bridgehead atoms. The quantitative estimate of drug-likeness (QED) is 0.885. The maximum Gasteiger partial charge on any atom is 0.234 e. The molecule has 3 rings (SSSR count). The number of hydrogen-bond donors (Lipinski definition) is 1. The van der Waals surface area contributed by atoms with Crippen LogP contribution in [-0.4, -0.2) is 67.2 Å². The van der Waals surface area contributed by atoms with Crippen molar-refractivity contribution < 1.29 is 9.53 Å². The zero-order chi connectivity index (χ0) is 17.5. The molecule has 5 nitrogen and oxygen atoms in total. The molecule has 0 aliphatic carbocycles. The molecule has 2 saturated heterocycles. The summed E-state index contributed by atoms with van der Waals surface area (Å²) in [5, 5.41) is 3.18. The topological polar surface area (TPSA) is 44.8 Å². The van der Waals surface area contributed by atoms with Gasteiger partial charge < -0.3 is 10.1 Å². The molecule has 0 aromatic heterocycles. The van der Waals surface area contributed by atoms with E-state index < -0.39 is 0 Å². The lowest BCUT2D eigenvalue weighted by Gasteiger charge is -2.30. The van der Waals surface area contributed by atoms with Crippen LogP contribution in [0, 0.1) is 0 Å². The second-order valence-corrected chi connectivity index (χ2v) is 7.35. The Morgan fingerprint density at radius 1 is 1.20 bits per heavy atom. The smallest absolute Gasteiger partial charge is 0.234 e. The lowest BCUT2D eigenvalue weighted by atomic mass is 10.1. The van der Waals surface area contributed by atoms with E-state index in [1.54, 1.807) is 0 Å². The maximum absolute atomic E-state index is 12.4. The van der Waals surface area contributed by atoms with Crippen LogP contribution in [0.4, 0.5) is 0 Å². The number of hydrogen-bond acceptors (Lipinski definition) is 4. The summed E-state index contributed by atoms with van der Waals surface area (Å²) in [6.45, 7) is 8.37. The van der Waals surface area contributed by atoms with Crippen LogP contribution >= 0.6 is 0 Å². The highest BCUT2D eigenvalue weighted by Gasteiger charge is 2.24. The lowest BCUT2D eigenvalue weighted by molar-refractivity contribution is -0.124. The molecule has 1 unspecified atom stereocenters. The van der Waals surface area contributed by atoms with Gasteiger partial charge in [-0.3, -0.25) is 14.6 Å². The maximum atomic E-state index is 12.4. The Morgan fingerprint density at radius 3 is 2.72 bits per heavy atom. The molecule has 2 heterocycles. The molecule has 1 N–H and O–H groups in total. The van der Waals surface area contributed by atoms with Gasteiger partial charge >= 0.3 is 0 Å². The van der Waals surface area contributed by atoms with Gasteiger partial charge in [0.1, 0.15) is 0 Å². The second-order valence-electron chi connectivity index (χ2n) is 7.35. The Kier molecular flexibility index (Phi) is 6.84. The number of carbonyl (C=O) groups is 1. The Morgan fingerprint density at radius 2 is 1.96 bits per heavy atom. The summed E-state index contributed by atoms with van der Waals surface area (Å²) in [5.74, 6) is 0.162. The second kappa shape index (κ2) is 9.32. The van der Waals surface area contributed by atoms with Crippen LogP contribution in [0.2, 0.25) is 0 Å². The first-order valence-corrected chi connectivity index (χ1v) is 9.58. The predicted octanol–water partition coefficient (Wildman–Crippen LogP) is 1.88. The largest absolute Gasteiger partial charge is 0.381 e. The third-order valence-electron chi connectivity index (χ3n) is 5.25. The van der Waals surface area contributed by atoms with Crippen molar-refractivity contribution in [3.05, 3.63) is 35.9 Å². The minimum absolute atomic E-state index is 0.162. The van der Waals surface area contributed by atoms with Gasteiger partial charge in [0.05, 0.1) is 6.54 Å². The van der Waals surface area contributed by atoms with Crippen LogP contribution < -0.4 is 5.32 Å². The first-order chi connectivity index (χ1) is 12.2. The third kappa shape index (κ3) is 5.80. The first-order valence-electron chi connectivity index (χ1n) is 9.58. The number of carbonyl (C=O) groups excluding carboxylic acids is 1. The van der Waals surface area contributed by atoms with Gasteiger partial charge in [0, 0.05) is 44.9 Å². The standard InChI is InChI=1S/C20H31N3O2/c1-17-14-22(15-18-6-3-2-4-7-18)10-5-11-23(17)16-20(24)21-19-8-12-25-13-9-19/h2-4,6-7,17,19H,5,8-16H2,1H3,(H,21,24). The van der Waals surface area contributed by atoms with Gasteiger partial charge in [0.2, 0.25) is 5.91 Å². The minimum Gasteiger partial charge on any atom is -0.381 e. The van der Waals surface area contributed by atoms with Crippen molar-refractivity contribution in [2.24, 2.45) is 0 Å². The van der Waals surface area contributed by atoms with E-state index in [-0.39, 0.29) is 11.9 Å². The number of amides is 1. The molecule has 0 spiro atoms. The number of rotatable bonds is 5. The summed E-state index contributed by atoms with van der Waals surface area (Å²) in [6, 6.07) is 11.3. The summed E-state index contributed by atoms with van der Waals surface area (Å²) < 4.78 is 5.36. The molecule has 1 amide bonds. The summed E-state index contributed by atoms with van der Waals surface area (Å²) in [7, 11) is 0. The van der Waals surface area contributed by atoms with Gasteiger partial charge in [-0.1, -0.05) is 30.3 Å². The van der Waals surface area contributed by atoms with E-state index in [0.717, 1.165) is 58.7 Å². The van der Waals surface area contributed by atoms with Gasteiger partial charge in [-0.15, -0.1) is 0 Å². The Hall–Kier alpha value is -1.43. The van der Waals surface area contributed by atoms with Crippen molar-refractivity contribution in [3.63, 3.8) is 0 Å². The highest BCUT2D eigenvalue weighted by atomic mass is 16.5. The third-order valence-corrected chi connectivity index (χ3v) is 5.25. The molecule has 138 valence electrons. The van der Waals surface area contributed by atoms with E-state index >= 15 is 0 Å². The SMILES string of the molecule is CC1CN(Cc2ccccc2)CCCN1CC(=O)NC1CCOCC1. The molecule has 2 aliphatic heterocycles. The van der Waals surface area contributed by atoms with Gasteiger partial charge in [-0.25, -0.2) is 0 Å². The van der Waals surface area contributed by atoms with E-state index in [1.807, 2.05) is 0 Å². The van der Waals surface area contributed by atoms with Gasteiger partial charge in [-0.05, 0) is 38.3 Å². The lowest BCUT2D eigenvalue weighted by Crippen LogP contribution is -2.47. The predicted molar refractivity (Wildman–Crippen MR) is 99.4 cm³/mol. The fraction of sp³-hybridized carbons (Fsp3) is 0.650. The van der Waals surface area contributed by atoms with Crippen molar-refractivity contribution in [1.82, 2.24) is 15.1 Å². The highest BCUT2D eigenvalue weighted by Crippen LogP contribution is 2.13. The van der Waals surface area contributed by atoms with Gasteiger partial charge in [0.15, 0.2) is 0 Å². The van der Waals surface area contributed by atoms with Crippen LogP contribution in [0.1, 0.15) is 31.7 Å². The van der Waals surface area contributed by atoms with Crippen LogP contribution in [0.3, 0.4) is 0 Å². The Bertz CT molecular complexity index is 531. The Labute approximate surface area is 151 Å². The molecule has 5 heteroatoms. The van der Waals surface area contributed by atoms with E-state index in [9.17, 15) is 4.79 Å². The van der Waals surface area contributed by atoms with Gasteiger partial charge in [0.25, 0.3) is 0 Å². The molecule has 1 aromatic carbocycles. The van der Waals surface area contributed by atoms with Crippen LogP contribution in [0.25, 0.3) is 0 Å². The number of nitrogens with zero attached hydrogens (tertiary/aromatic N) is 2. The summed E-state index contributed by atoms with van der Waals surface area (Å²) in [5.41, 5.74) is 1.36. The molecular formula is C20H31N3O2. The normalized spacial score (nSPS) is 24.0. The number of benzene rings is 1. The average Bonchev–Trinajstić information content (AvgIpc) is 2.78. The summed E-state index contributed by atoms with van der Waals surface area (Å²) in [6.07, 6.45) is 2.99. The van der Waals surface area contributed by atoms with E-state index in [2.05, 4.69) is 52.4 Å². The highest BCUT2D eigenvalue weighted by molar-refractivity contribution is 5.78. The van der Waals surface area contributed by atoms with Crippen molar-refractivity contribution in [3.8, 4) is 0 Å². The molecule has 25 heavy (non-hydrogen) atoms. The van der Waals surface area contributed by atoms with E-state index in [1.165, 1.54) is 5.56 Å². The van der Waals surface area contributed by atoms with Crippen molar-refractivity contribution in [2.45, 2.75) is 44.8 Å². The van der Waals surface area contributed by atoms with E-state index in [4.69, 9.17) is 4.74 Å². The molecule has 0 saturated carbocycles. The number of ether oxygens (including phenoxy) is 1. The number of nitrogens with one attached hydrogen (secondary N) is 1. The molecule has 0 radical (unpaired) electrons. The molecule has 1 atom stereocenters. The van der Waals surface area contributed by atoms with Crippen molar-refractivity contribution in [2.75, 3.05) is 39.4 Å². The Balaban J connectivity index is 1.47. The van der Waals surface area contributed by atoms with Crippen LogP contribution in [-0.2, 0) is 16.1 Å².